The van der Waals surface area contributed by atoms with Crippen molar-refractivity contribution in [2.45, 2.75) is 62.9 Å². The van der Waals surface area contributed by atoms with E-state index in [1.165, 1.54) is 6.92 Å². The third-order valence-corrected chi connectivity index (χ3v) is 6.32. The second-order valence-electron chi connectivity index (χ2n) is 6.03. The number of hydrogen-bond acceptors (Lipinski definition) is 3. The summed E-state index contributed by atoms with van der Waals surface area (Å²) in [6.45, 7) is 5.66. The Morgan fingerprint density at radius 3 is 2.08 bits per heavy atom. The van der Waals surface area contributed by atoms with Crippen LogP contribution in [0.3, 0.4) is 0 Å². The van der Waals surface area contributed by atoms with Crippen molar-refractivity contribution in [1.29, 1.82) is 0 Å². The van der Waals surface area contributed by atoms with E-state index in [4.69, 9.17) is 0 Å². The molecule has 0 bridgehead atoms. The molecule has 1 fully saturated rings. The Bertz CT molecular complexity index is 394. The largest absolute Gasteiger partial charge is 0.392 e. The third kappa shape index (κ3) is 4.90. The van der Waals surface area contributed by atoms with Gasteiger partial charge >= 0.3 is 16.4 Å². The smallest absolute Gasteiger partial charge is 0.245 e. The Labute approximate surface area is 148 Å². The molecule has 0 amide bonds. The molecule has 0 radical (unpaired) electrons. The Kier molecular flexibility index (Phi) is 8.13. The van der Waals surface area contributed by atoms with Crippen molar-refractivity contribution in [3.63, 3.8) is 0 Å². The molecule has 1 saturated heterocycles. The van der Waals surface area contributed by atoms with E-state index in [2.05, 4.69) is 0 Å². The van der Waals surface area contributed by atoms with Gasteiger partial charge in [-0.05, 0) is 30.4 Å². The van der Waals surface area contributed by atoms with E-state index < -0.39 is 40.1 Å². The van der Waals surface area contributed by atoms with Gasteiger partial charge in [-0.25, -0.2) is 4.31 Å². The van der Waals surface area contributed by atoms with Gasteiger partial charge in [0, 0.05) is 25.0 Å². The second-order valence-corrected chi connectivity index (χ2v) is 8.62. The predicted molar refractivity (Wildman–Crippen MR) is 88.9 cm³/mol. The third-order valence-electron chi connectivity index (χ3n) is 4.34. The molecule has 1 heterocycles. The molecule has 24 heavy (non-hydrogen) atoms. The lowest BCUT2D eigenvalue weighted by Crippen LogP contribution is -2.52. The molecule has 2 atom stereocenters. The number of halogens is 6. The first kappa shape index (κ1) is 22.3. The van der Waals surface area contributed by atoms with E-state index in [9.17, 15) is 26.3 Å². The summed E-state index contributed by atoms with van der Waals surface area (Å²) in [7, 11) is 0. The van der Waals surface area contributed by atoms with E-state index in [0.717, 1.165) is 23.6 Å². The maximum atomic E-state index is 14.0. The molecule has 1 rings (SSSR count). The topological polar surface area (TPSA) is 3.24 Å². The lowest BCUT2D eigenvalue weighted by atomic mass is 9.82. The minimum Gasteiger partial charge on any atom is -0.245 e. The van der Waals surface area contributed by atoms with Gasteiger partial charge in [0.25, 0.3) is 0 Å². The molecule has 1 nitrogen and oxygen atoms in total. The first-order valence-corrected chi connectivity index (χ1v) is 9.99. The molecular formula is C15H25F6NS2. The monoisotopic (exact) mass is 397 g/mol. The lowest BCUT2D eigenvalue weighted by Gasteiger charge is -2.40. The highest BCUT2D eigenvalue weighted by Gasteiger charge is 2.72. The molecule has 1 aliphatic rings. The summed E-state index contributed by atoms with van der Waals surface area (Å²) in [6.07, 6.45) is 3.22. The summed E-state index contributed by atoms with van der Waals surface area (Å²) in [5, 5.41) is -9.66. The minimum atomic E-state index is -5.41. The standard InChI is InChI=1S/C15H25F6NS2/c1-4-7-12-10-22(9-8-11(12)5-2)24-15(20,21)13(16,17)14(18,19)23-6-3/h11-12H,4-10H2,1-3H3. The SMILES string of the molecule is CCCC1CN(SC(F)(F)C(F)(F)C(F)(F)SCC)CCC1CC. The number of rotatable bonds is 9. The highest BCUT2D eigenvalue weighted by molar-refractivity contribution is 8.00. The van der Waals surface area contributed by atoms with E-state index in [-0.39, 0.29) is 24.8 Å². The second kappa shape index (κ2) is 8.75. The van der Waals surface area contributed by atoms with Crippen LogP contribution in [0.4, 0.5) is 26.3 Å². The van der Waals surface area contributed by atoms with Crippen LogP contribution in [-0.2, 0) is 0 Å². The zero-order valence-corrected chi connectivity index (χ0v) is 15.8. The van der Waals surface area contributed by atoms with Crippen molar-refractivity contribution >= 4 is 23.7 Å². The van der Waals surface area contributed by atoms with Crippen LogP contribution in [0, 0.1) is 11.8 Å². The van der Waals surface area contributed by atoms with Gasteiger partial charge in [-0.2, -0.15) is 26.3 Å². The van der Waals surface area contributed by atoms with Crippen molar-refractivity contribution in [1.82, 2.24) is 4.31 Å². The van der Waals surface area contributed by atoms with E-state index in [1.54, 1.807) is 0 Å². The van der Waals surface area contributed by atoms with Gasteiger partial charge in [-0.3, -0.25) is 0 Å². The number of hydrogen-bond donors (Lipinski definition) is 0. The highest BCUT2D eigenvalue weighted by Crippen LogP contribution is 2.56. The van der Waals surface area contributed by atoms with Gasteiger partial charge in [0.15, 0.2) is 0 Å². The Morgan fingerprint density at radius 2 is 1.58 bits per heavy atom. The molecule has 9 heteroatoms. The van der Waals surface area contributed by atoms with Crippen LogP contribution in [0.1, 0.15) is 46.5 Å². The average Bonchev–Trinajstić information content (AvgIpc) is 2.47. The normalized spacial score (nSPS) is 24.4. The van der Waals surface area contributed by atoms with Crippen LogP contribution in [0.2, 0.25) is 0 Å². The number of nitrogens with zero attached hydrogens (tertiary/aromatic N) is 1. The van der Waals surface area contributed by atoms with E-state index in [1.807, 2.05) is 13.8 Å². The van der Waals surface area contributed by atoms with Crippen LogP contribution in [-0.4, -0.2) is 39.6 Å². The van der Waals surface area contributed by atoms with Gasteiger partial charge in [-0.15, -0.1) is 0 Å². The number of thioether (sulfide) groups is 1. The molecule has 0 saturated carbocycles. The molecule has 2 unspecified atom stereocenters. The molecule has 0 spiro atoms. The lowest BCUT2D eigenvalue weighted by molar-refractivity contribution is -0.238. The minimum absolute atomic E-state index is 0.135. The first-order chi connectivity index (χ1) is 11.0. The van der Waals surface area contributed by atoms with Crippen LogP contribution in [0.5, 0.6) is 0 Å². The molecule has 0 aromatic carbocycles. The Morgan fingerprint density at radius 1 is 0.958 bits per heavy atom. The van der Waals surface area contributed by atoms with Gasteiger partial charge in [-0.1, -0.05) is 45.4 Å². The fourth-order valence-electron chi connectivity index (χ4n) is 3.03. The van der Waals surface area contributed by atoms with Crippen LogP contribution in [0.15, 0.2) is 0 Å². The van der Waals surface area contributed by atoms with Crippen molar-refractivity contribution in [3.05, 3.63) is 0 Å². The average molecular weight is 397 g/mol. The molecular weight excluding hydrogens is 372 g/mol. The molecule has 1 aliphatic heterocycles. The summed E-state index contributed by atoms with van der Waals surface area (Å²) in [5.74, 6) is -5.28. The summed E-state index contributed by atoms with van der Waals surface area (Å²) in [6, 6.07) is 0. The van der Waals surface area contributed by atoms with Crippen molar-refractivity contribution in [2.24, 2.45) is 11.8 Å². The maximum Gasteiger partial charge on any atom is 0.392 e. The van der Waals surface area contributed by atoms with Crippen molar-refractivity contribution in [2.75, 3.05) is 18.8 Å². The summed E-state index contributed by atoms with van der Waals surface area (Å²) in [4.78, 5) is 0. The number of piperidine rings is 1. The van der Waals surface area contributed by atoms with E-state index in [0.29, 0.717) is 12.3 Å². The summed E-state index contributed by atoms with van der Waals surface area (Å²) >= 11 is -0.872. The zero-order valence-electron chi connectivity index (χ0n) is 14.1. The highest BCUT2D eigenvalue weighted by atomic mass is 32.2. The molecule has 0 aromatic rings. The van der Waals surface area contributed by atoms with Crippen LogP contribution < -0.4 is 0 Å². The fourth-order valence-corrected chi connectivity index (χ4v) is 4.79. The van der Waals surface area contributed by atoms with Crippen molar-refractivity contribution < 1.29 is 26.3 Å². The van der Waals surface area contributed by atoms with Gasteiger partial charge < -0.3 is 0 Å². The fraction of sp³-hybridized carbons (Fsp3) is 1.00. The quantitative estimate of drug-likeness (QED) is 0.329. The maximum absolute atomic E-state index is 14.0. The molecule has 0 N–H and O–H groups in total. The predicted octanol–water partition coefficient (Wildman–Crippen LogP) is 6.36. The first-order valence-electron chi connectivity index (χ1n) is 8.23. The summed E-state index contributed by atoms with van der Waals surface area (Å²) < 4.78 is 83.5. The Balaban J connectivity index is 2.82. The van der Waals surface area contributed by atoms with Crippen molar-refractivity contribution in [3.8, 4) is 0 Å². The number of alkyl halides is 6. The summed E-state index contributed by atoms with van der Waals surface area (Å²) in [5.41, 5.74) is 0. The van der Waals surface area contributed by atoms with Crippen LogP contribution >= 0.6 is 23.7 Å². The van der Waals surface area contributed by atoms with Gasteiger partial charge in [0.2, 0.25) is 0 Å². The molecule has 0 aliphatic carbocycles. The van der Waals surface area contributed by atoms with Gasteiger partial charge in [0.05, 0.1) is 0 Å². The molecule has 144 valence electrons. The van der Waals surface area contributed by atoms with Crippen LogP contribution in [0.25, 0.3) is 0 Å². The Hall–Kier alpha value is 0.240. The zero-order chi connectivity index (χ0) is 18.6. The van der Waals surface area contributed by atoms with E-state index >= 15 is 0 Å². The van der Waals surface area contributed by atoms with Gasteiger partial charge in [0.1, 0.15) is 0 Å². The molecule has 0 aromatic heterocycles.